The minimum Gasteiger partial charge on any atom is -1.00 e. The molecule has 0 nitrogen and oxygen atoms in total. The molecule has 0 aliphatic rings. The maximum Gasteiger partial charge on any atom is 2.00 e. The third kappa shape index (κ3) is 8.82. The molecule has 0 atom stereocenters. The molecular weight excluding hydrogens is 159 g/mol. The van der Waals surface area contributed by atoms with Crippen molar-refractivity contribution in [3.63, 3.8) is 0 Å². The summed E-state index contributed by atoms with van der Waals surface area (Å²) in [5.41, 5.74) is 0. The van der Waals surface area contributed by atoms with Crippen LogP contribution < -0.4 is 68.5 Å². The van der Waals surface area contributed by atoms with Gasteiger partial charge in [-0.3, -0.25) is 0 Å². The van der Waals surface area contributed by atoms with Gasteiger partial charge < -0.3 is 17.1 Å². The van der Waals surface area contributed by atoms with E-state index in [2.05, 4.69) is 0 Å². The van der Waals surface area contributed by atoms with Gasteiger partial charge in [-0.25, -0.2) is 0 Å². The second-order valence-corrected chi connectivity index (χ2v) is 0. The summed E-state index contributed by atoms with van der Waals surface area (Å²) in [5.74, 6) is 0. The largest absolute Gasteiger partial charge is 2.00 e. The fourth-order valence-corrected chi connectivity index (χ4v) is 0. The standard InChI is InChI=1S/ClH.FH.K.Zn/h2*1H;;/q;;+1;+2/p-2. The van der Waals surface area contributed by atoms with Crippen molar-refractivity contribution in [2.24, 2.45) is 0 Å². The summed E-state index contributed by atoms with van der Waals surface area (Å²) in [6, 6.07) is 0. The number of hydrogen-bond donors (Lipinski definition) is 0. The molecule has 0 spiro atoms. The van der Waals surface area contributed by atoms with E-state index in [9.17, 15) is 0 Å². The minimum atomic E-state index is 0. The molecule has 4 heteroatoms. The summed E-state index contributed by atoms with van der Waals surface area (Å²) in [4.78, 5) is 0. The van der Waals surface area contributed by atoms with Crippen molar-refractivity contribution in [3.05, 3.63) is 0 Å². The fourth-order valence-electron chi connectivity index (χ4n) is 0. The first-order chi connectivity index (χ1) is 0. The van der Waals surface area contributed by atoms with Crippen LogP contribution in [0.15, 0.2) is 0 Å². The molecule has 0 fully saturated rings. The SMILES string of the molecule is [Cl-].[F-].[K+].[Zn+2]. The molecule has 0 radical (unpaired) electrons. The van der Waals surface area contributed by atoms with Crippen LogP contribution in [0.25, 0.3) is 0 Å². The van der Waals surface area contributed by atoms with E-state index in [1.54, 1.807) is 0 Å². The number of halogens is 2. The topological polar surface area (TPSA) is 0 Å². The summed E-state index contributed by atoms with van der Waals surface area (Å²) >= 11 is 0. The molecule has 0 saturated heterocycles. The first kappa shape index (κ1) is 31.6. The van der Waals surface area contributed by atoms with Crippen LogP contribution >= 0.6 is 0 Å². The van der Waals surface area contributed by atoms with Gasteiger partial charge in [0.25, 0.3) is 0 Å². The zero-order valence-electron chi connectivity index (χ0n) is 2.46. The summed E-state index contributed by atoms with van der Waals surface area (Å²) in [5, 5.41) is 0. The Hall–Kier alpha value is 2.48. The molecule has 0 aliphatic heterocycles. The molecule has 4 heavy (non-hydrogen) atoms. The average Bonchev–Trinajstić information content (AvgIpc) is 0. The molecule has 0 N–H and O–H groups in total. The molecule has 0 aromatic heterocycles. The van der Waals surface area contributed by atoms with Crippen molar-refractivity contribution in [3.8, 4) is 0 Å². The zero-order valence-corrected chi connectivity index (χ0v) is 9.31. The Morgan fingerprint density at radius 3 is 1.00 bits per heavy atom. The van der Waals surface area contributed by atoms with Crippen molar-refractivity contribution in [2.45, 2.75) is 0 Å². The Morgan fingerprint density at radius 1 is 1.00 bits per heavy atom. The Kier molecular flexibility index (Phi) is 141. The van der Waals surface area contributed by atoms with E-state index in [0.29, 0.717) is 0 Å². The smallest absolute Gasteiger partial charge is 1.00 e. The van der Waals surface area contributed by atoms with Crippen molar-refractivity contribution >= 4 is 0 Å². The molecule has 0 heterocycles. The minimum absolute atomic E-state index is 0. The quantitative estimate of drug-likeness (QED) is 0.308. The molecule has 0 aromatic carbocycles. The molecule has 0 rings (SSSR count). The van der Waals surface area contributed by atoms with E-state index < -0.39 is 0 Å². The van der Waals surface area contributed by atoms with Crippen LogP contribution in [0.4, 0.5) is 0 Å². The predicted molar refractivity (Wildman–Crippen MR) is 0 cm³/mol. The van der Waals surface area contributed by atoms with Gasteiger partial charge in [0.05, 0.1) is 0 Å². The normalized spacial score (nSPS) is 0. The van der Waals surface area contributed by atoms with Crippen molar-refractivity contribution in [1.29, 1.82) is 0 Å². The Bertz CT molecular complexity index is 8.00. The van der Waals surface area contributed by atoms with E-state index in [1.807, 2.05) is 0 Å². The van der Waals surface area contributed by atoms with Crippen LogP contribution in [0.3, 0.4) is 0 Å². The first-order valence-electron chi connectivity index (χ1n) is 0. The summed E-state index contributed by atoms with van der Waals surface area (Å²) in [6.45, 7) is 0. The molecule has 0 amide bonds. The van der Waals surface area contributed by atoms with Crippen LogP contribution in [0.1, 0.15) is 0 Å². The van der Waals surface area contributed by atoms with Gasteiger partial charge in [0, 0.05) is 0 Å². The second kappa shape index (κ2) is 17.9. The third-order valence-electron chi connectivity index (χ3n) is 0. The Balaban J connectivity index is 0. The summed E-state index contributed by atoms with van der Waals surface area (Å²) in [7, 11) is 0. The summed E-state index contributed by atoms with van der Waals surface area (Å²) < 4.78 is 0. The second-order valence-electron chi connectivity index (χ2n) is 0. The van der Waals surface area contributed by atoms with Gasteiger partial charge in [-0.1, -0.05) is 0 Å². The van der Waals surface area contributed by atoms with Gasteiger partial charge in [-0.2, -0.15) is 0 Å². The van der Waals surface area contributed by atoms with Crippen LogP contribution in [0.2, 0.25) is 0 Å². The van der Waals surface area contributed by atoms with Crippen molar-refractivity contribution in [2.75, 3.05) is 0 Å². The van der Waals surface area contributed by atoms with E-state index >= 15 is 0 Å². The molecular formula is ClFKZn+. The van der Waals surface area contributed by atoms with Crippen LogP contribution in [0.5, 0.6) is 0 Å². The third-order valence-corrected chi connectivity index (χ3v) is 0. The molecule has 0 bridgehead atoms. The van der Waals surface area contributed by atoms with Gasteiger partial charge in [-0.15, -0.1) is 0 Å². The molecule has 0 saturated carbocycles. The number of hydrogen-bond acceptors (Lipinski definition) is 0. The van der Waals surface area contributed by atoms with Gasteiger partial charge in [0.1, 0.15) is 0 Å². The van der Waals surface area contributed by atoms with E-state index in [4.69, 9.17) is 0 Å². The van der Waals surface area contributed by atoms with Crippen LogP contribution in [0, 0.1) is 0 Å². The van der Waals surface area contributed by atoms with Crippen molar-refractivity contribution in [1.82, 2.24) is 0 Å². The van der Waals surface area contributed by atoms with Gasteiger partial charge >= 0.3 is 70.9 Å². The van der Waals surface area contributed by atoms with Gasteiger partial charge in [0.2, 0.25) is 0 Å². The van der Waals surface area contributed by atoms with Crippen molar-refractivity contribution < 1.29 is 88.0 Å². The van der Waals surface area contributed by atoms with Gasteiger partial charge in [-0.05, 0) is 0 Å². The molecule has 0 aliphatic carbocycles. The molecule has 16 valence electrons. The fraction of sp³-hybridized carbons (Fsp3) is 0. The van der Waals surface area contributed by atoms with E-state index in [1.165, 1.54) is 0 Å². The average molecular weight is 159 g/mol. The van der Waals surface area contributed by atoms with Gasteiger partial charge in [0.15, 0.2) is 0 Å². The van der Waals surface area contributed by atoms with Crippen LogP contribution in [-0.2, 0) is 19.5 Å². The van der Waals surface area contributed by atoms with E-state index in [0.717, 1.165) is 0 Å². The predicted octanol–water partition coefficient (Wildman–Crippen LogP) is -8.99. The molecule has 0 aromatic rings. The maximum atomic E-state index is 0. The van der Waals surface area contributed by atoms with E-state index in [-0.39, 0.29) is 88.0 Å². The van der Waals surface area contributed by atoms with Crippen LogP contribution in [-0.4, -0.2) is 0 Å². The number of rotatable bonds is 0. The maximum absolute atomic E-state index is 0. The zero-order chi connectivity index (χ0) is 0. The summed E-state index contributed by atoms with van der Waals surface area (Å²) in [6.07, 6.45) is 0. The monoisotopic (exact) mass is 157 g/mol. The molecule has 0 unspecified atom stereocenters. The Morgan fingerprint density at radius 2 is 1.00 bits per heavy atom. The Labute approximate surface area is 86.1 Å². The first-order valence-corrected chi connectivity index (χ1v) is 0.